The molecule has 0 saturated heterocycles. The highest BCUT2D eigenvalue weighted by Gasteiger charge is 2.12. The molecule has 0 aliphatic heterocycles. The monoisotopic (exact) mass is 447 g/mol. The number of rotatable bonds is 9. The molecule has 0 bridgehead atoms. The number of aliphatic hydroxyl groups excluding tert-OH is 2. The van der Waals surface area contributed by atoms with E-state index in [9.17, 15) is 5.11 Å². The Hall–Kier alpha value is -3.92. The summed E-state index contributed by atoms with van der Waals surface area (Å²) in [6.45, 7) is 0.166. The topological polar surface area (TPSA) is 135 Å². The van der Waals surface area contributed by atoms with Gasteiger partial charge in [-0.15, -0.1) is 0 Å². The van der Waals surface area contributed by atoms with Crippen LogP contribution >= 0.6 is 0 Å². The molecule has 0 spiro atoms. The Balaban J connectivity index is 1.57. The van der Waals surface area contributed by atoms with Gasteiger partial charge in [0.1, 0.15) is 17.7 Å². The number of nitrogens with one attached hydrogen (secondary N) is 2. The number of anilines is 3. The summed E-state index contributed by atoms with van der Waals surface area (Å²) in [5.41, 5.74) is 7.93. The van der Waals surface area contributed by atoms with Crippen LogP contribution in [-0.2, 0) is 0 Å². The molecule has 0 aliphatic carbocycles. The van der Waals surface area contributed by atoms with E-state index < -0.39 is 6.23 Å². The highest BCUT2D eigenvalue weighted by Crippen LogP contribution is 2.33. The van der Waals surface area contributed by atoms with Gasteiger partial charge in [-0.05, 0) is 24.3 Å². The summed E-state index contributed by atoms with van der Waals surface area (Å²) < 4.78 is 11.4. The smallest absolute Gasteiger partial charge is 0.230 e. The van der Waals surface area contributed by atoms with E-state index in [0.717, 1.165) is 10.8 Å². The van der Waals surface area contributed by atoms with E-state index in [4.69, 9.17) is 20.3 Å². The molecule has 0 saturated carbocycles. The molecular formula is C24H25N5O4. The summed E-state index contributed by atoms with van der Waals surface area (Å²) >= 11 is 0. The summed E-state index contributed by atoms with van der Waals surface area (Å²) in [5, 5.41) is 27.0. The zero-order chi connectivity index (χ0) is 23.2. The predicted octanol–water partition coefficient (Wildman–Crippen LogP) is 3.33. The normalized spacial score (nSPS) is 11.8. The number of nitrogens with zero attached hydrogens (tertiary/aromatic N) is 2. The second-order valence-electron chi connectivity index (χ2n) is 7.22. The number of aliphatic hydroxyl groups is 2. The van der Waals surface area contributed by atoms with Crippen LogP contribution in [0.3, 0.4) is 0 Å². The van der Waals surface area contributed by atoms with Crippen LogP contribution in [0.2, 0.25) is 0 Å². The number of nitrogen functional groups attached to an aromatic ring is 1. The van der Waals surface area contributed by atoms with E-state index in [-0.39, 0.29) is 13.2 Å². The van der Waals surface area contributed by atoms with Gasteiger partial charge in [-0.2, -0.15) is 4.98 Å². The Kier molecular flexibility index (Phi) is 6.84. The number of fused-ring (bicyclic) bond motifs is 1. The molecule has 0 aliphatic rings. The first-order valence-corrected chi connectivity index (χ1v) is 10.3. The highest BCUT2D eigenvalue weighted by atomic mass is 16.5. The molecule has 9 heteroatoms. The van der Waals surface area contributed by atoms with Crippen LogP contribution in [0.4, 0.5) is 17.3 Å². The summed E-state index contributed by atoms with van der Waals surface area (Å²) in [6, 6.07) is 18.2. The Morgan fingerprint density at radius 2 is 1.88 bits per heavy atom. The van der Waals surface area contributed by atoms with Crippen LogP contribution in [0.1, 0.15) is 11.8 Å². The fraction of sp³-hybridized carbons (Fsp3) is 0.167. The van der Waals surface area contributed by atoms with Gasteiger partial charge in [0.25, 0.3) is 0 Å². The SMILES string of the molecule is COc1cc(Nc2nccc(Oc3ccc(N)c4ccccc34)n2)cc(C(O)NCCO)c1. The van der Waals surface area contributed by atoms with Crippen molar-refractivity contribution in [2.75, 3.05) is 31.3 Å². The first-order valence-electron chi connectivity index (χ1n) is 10.3. The number of ether oxygens (including phenoxy) is 2. The lowest BCUT2D eigenvalue weighted by atomic mass is 10.1. The molecule has 1 heterocycles. The third-order valence-electron chi connectivity index (χ3n) is 4.95. The third-order valence-corrected chi connectivity index (χ3v) is 4.95. The molecule has 0 fully saturated rings. The van der Waals surface area contributed by atoms with Crippen LogP contribution in [0.5, 0.6) is 17.4 Å². The van der Waals surface area contributed by atoms with E-state index in [1.54, 1.807) is 43.6 Å². The second-order valence-corrected chi connectivity index (χ2v) is 7.22. The average molecular weight is 447 g/mol. The lowest BCUT2D eigenvalue weighted by Gasteiger charge is -2.16. The quantitative estimate of drug-likeness (QED) is 0.193. The van der Waals surface area contributed by atoms with Crippen molar-refractivity contribution in [3.8, 4) is 17.4 Å². The van der Waals surface area contributed by atoms with E-state index in [2.05, 4.69) is 20.6 Å². The molecule has 1 aromatic heterocycles. The average Bonchev–Trinajstić information content (AvgIpc) is 2.84. The van der Waals surface area contributed by atoms with E-state index >= 15 is 0 Å². The molecule has 6 N–H and O–H groups in total. The molecule has 9 nitrogen and oxygen atoms in total. The molecule has 1 unspecified atom stereocenters. The Labute approximate surface area is 190 Å². The van der Waals surface area contributed by atoms with Gasteiger partial charge in [0.15, 0.2) is 0 Å². The number of methoxy groups -OCH3 is 1. The lowest BCUT2D eigenvalue weighted by Crippen LogP contribution is -2.24. The van der Waals surface area contributed by atoms with Crippen molar-refractivity contribution in [3.63, 3.8) is 0 Å². The molecule has 4 rings (SSSR count). The molecule has 1 atom stereocenters. The van der Waals surface area contributed by atoms with Crippen molar-refractivity contribution in [1.82, 2.24) is 15.3 Å². The van der Waals surface area contributed by atoms with Crippen LogP contribution in [0.25, 0.3) is 10.8 Å². The first kappa shape index (κ1) is 22.3. The molecule has 170 valence electrons. The fourth-order valence-corrected chi connectivity index (χ4v) is 3.37. The maximum Gasteiger partial charge on any atom is 0.230 e. The maximum absolute atomic E-state index is 10.3. The number of aromatic nitrogens is 2. The highest BCUT2D eigenvalue weighted by molar-refractivity contribution is 5.97. The van der Waals surface area contributed by atoms with Crippen molar-refractivity contribution >= 4 is 28.1 Å². The standard InChI is InChI=1S/C24H25N5O4/c1-32-17-13-15(23(31)26-10-11-30)12-16(14-17)28-24-27-9-8-22(29-24)33-21-7-6-20(25)18-4-2-3-5-19(18)21/h2-9,12-14,23,26,30-31H,10-11,25H2,1H3,(H,27,28,29). The van der Waals surface area contributed by atoms with Crippen molar-refractivity contribution in [3.05, 3.63) is 72.4 Å². The summed E-state index contributed by atoms with van der Waals surface area (Å²) in [6.07, 6.45) is 0.616. The third kappa shape index (κ3) is 5.29. The van der Waals surface area contributed by atoms with E-state index in [1.165, 1.54) is 0 Å². The minimum atomic E-state index is -0.970. The van der Waals surface area contributed by atoms with Gasteiger partial charge in [0.05, 0.1) is 13.7 Å². The van der Waals surface area contributed by atoms with Crippen molar-refractivity contribution in [2.24, 2.45) is 0 Å². The number of hydrogen-bond acceptors (Lipinski definition) is 9. The van der Waals surface area contributed by atoms with Gasteiger partial charge in [-0.1, -0.05) is 24.3 Å². The molecule has 33 heavy (non-hydrogen) atoms. The van der Waals surface area contributed by atoms with Gasteiger partial charge in [0, 0.05) is 52.6 Å². The Morgan fingerprint density at radius 3 is 2.67 bits per heavy atom. The van der Waals surface area contributed by atoms with E-state index in [0.29, 0.717) is 40.3 Å². The molecule has 0 amide bonds. The van der Waals surface area contributed by atoms with Crippen molar-refractivity contribution in [1.29, 1.82) is 0 Å². The minimum absolute atomic E-state index is 0.0872. The number of nitrogens with two attached hydrogens (primary N) is 1. The summed E-state index contributed by atoms with van der Waals surface area (Å²) in [4.78, 5) is 8.70. The fourth-order valence-electron chi connectivity index (χ4n) is 3.37. The molecule has 3 aromatic carbocycles. The zero-order valence-corrected chi connectivity index (χ0v) is 18.0. The van der Waals surface area contributed by atoms with Crippen molar-refractivity contribution < 1.29 is 19.7 Å². The Bertz CT molecular complexity index is 1250. The molecule has 4 aromatic rings. The van der Waals surface area contributed by atoms with Crippen LogP contribution < -0.4 is 25.8 Å². The molecular weight excluding hydrogens is 422 g/mol. The first-order chi connectivity index (χ1) is 16.1. The predicted molar refractivity (Wildman–Crippen MR) is 127 cm³/mol. The van der Waals surface area contributed by atoms with Gasteiger partial charge in [0.2, 0.25) is 11.8 Å². The lowest BCUT2D eigenvalue weighted by molar-refractivity contribution is 0.129. The maximum atomic E-state index is 10.3. The van der Waals surface area contributed by atoms with Gasteiger partial charge in [-0.3, -0.25) is 5.32 Å². The second kappa shape index (κ2) is 10.1. The number of hydrogen-bond donors (Lipinski definition) is 5. The van der Waals surface area contributed by atoms with Crippen molar-refractivity contribution in [2.45, 2.75) is 6.23 Å². The summed E-state index contributed by atoms with van der Waals surface area (Å²) in [7, 11) is 1.54. The number of benzene rings is 3. The minimum Gasteiger partial charge on any atom is -0.497 e. The largest absolute Gasteiger partial charge is 0.497 e. The van der Waals surface area contributed by atoms with Crippen LogP contribution in [-0.4, -0.2) is 40.4 Å². The zero-order valence-electron chi connectivity index (χ0n) is 18.0. The molecule has 0 radical (unpaired) electrons. The Morgan fingerprint density at radius 1 is 1.06 bits per heavy atom. The van der Waals surface area contributed by atoms with E-state index in [1.807, 2.05) is 30.3 Å². The van der Waals surface area contributed by atoms with Crippen LogP contribution in [0.15, 0.2) is 66.9 Å². The van der Waals surface area contributed by atoms with Gasteiger partial charge in [-0.25, -0.2) is 4.98 Å². The van der Waals surface area contributed by atoms with Gasteiger partial charge < -0.3 is 30.7 Å². The van der Waals surface area contributed by atoms with Gasteiger partial charge >= 0.3 is 0 Å². The summed E-state index contributed by atoms with van der Waals surface area (Å²) in [5.74, 6) is 1.84. The van der Waals surface area contributed by atoms with Crippen LogP contribution in [0, 0.1) is 0 Å².